The molecule has 122 valence electrons. The van der Waals surface area contributed by atoms with Crippen LogP contribution >= 0.6 is 12.4 Å². The number of carboxylic acid groups (broad SMARTS) is 2. The van der Waals surface area contributed by atoms with Crippen molar-refractivity contribution in [2.45, 2.75) is 0 Å². The molecule has 0 unspecified atom stereocenters. The van der Waals surface area contributed by atoms with E-state index in [0.717, 1.165) is 0 Å². The minimum Gasteiger partial charge on any atom is -0.478 e. The normalized spacial score (nSPS) is 10.0. The largest absolute Gasteiger partial charge is 0.478 e. The van der Waals surface area contributed by atoms with Crippen LogP contribution in [0.5, 0.6) is 0 Å². The van der Waals surface area contributed by atoms with Crippen LogP contribution in [0, 0.1) is 0 Å². The first-order chi connectivity index (χ1) is 11.1. The van der Waals surface area contributed by atoms with Gasteiger partial charge in [-0.05, 0) is 24.3 Å². The molecule has 0 atom stereocenters. The second kappa shape index (κ2) is 6.97. The van der Waals surface area contributed by atoms with Gasteiger partial charge in [-0.3, -0.25) is 4.98 Å². The molecule has 0 radical (unpaired) electrons. The standard InChI is InChI=1S/C17H12N2O4.ClH/c20-16(21)10-4-3-5-11(8-10)19-15-12-6-1-2-7-14(12)18-9-13(15)17(22)23;/h1-9H,(H,18,19)(H,20,21)(H,22,23);1H. The number of aromatic carboxylic acids is 2. The second-order valence-corrected chi connectivity index (χ2v) is 4.88. The molecule has 0 spiro atoms. The number of carbonyl (C=O) groups is 2. The number of halogens is 1. The maximum atomic E-state index is 11.5. The summed E-state index contributed by atoms with van der Waals surface area (Å²) in [5.74, 6) is -2.16. The Kier molecular flexibility index (Phi) is 5.01. The molecule has 0 aliphatic heterocycles. The van der Waals surface area contributed by atoms with Crippen molar-refractivity contribution in [3.05, 3.63) is 65.9 Å². The van der Waals surface area contributed by atoms with Crippen molar-refractivity contribution in [3.63, 3.8) is 0 Å². The molecule has 1 aromatic heterocycles. The van der Waals surface area contributed by atoms with E-state index in [1.165, 1.54) is 18.3 Å². The molecule has 7 heteroatoms. The van der Waals surface area contributed by atoms with E-state index in [1.807, 2.05) is 6.07 Å². The lowest BCUT2D eigenvalue weighted by molar-refractivity contribution is 0.0686. The highest BCUT2D eigenvalue weighted by Crippen LogP contribution is 2.29. The average Bonchev–Trinajstić information content (AvgIpc) is 2.55. The first kappa shape index (κ1) is 17.2. The number of hydrogen-bond acceptors (Lipinski definition) is 4. The summed E-state index contributed by atoms with van der Waals surface area (Å²) in [6, 6.07) is 13.3. The summed E-state index contributed by atoms with van der Waals surface area (Å²) in [6.45, 7) is 0. The van der Waals surface area contributed by atoms with Gasteiger partial charge < -0.3 is 15.5 Å². The SMILES string of the molecule is Cl.O=C(O)c1cccc(Nc2c(C(=O)O)cnc3ccccc23)c1. The number of fused-ring (bicyclic) bond motifs is 1. The van der Waals surface area contributed by atoms with Crippen LogP contribution in [0.4, 0.5) is 11.4 Å². The number of pyridine rings is 1. The van der Waals surface area contributed by atoms with Crippen LogP contribution in [0.25, 0.3) is 10.9 Å². The molecule has 24 heavy (non-hydrogen) atoms. The molecule has 2 aromatic carbocycles. The molecule has 3 aromatic rings. The van der Waals surface area contributed by atoms with Crippen molar-refractivity contribution < 1.29 is 19.8 Å². The third-order valence-corrected chi connectivity index (χ3v) is 3.38. The van der Waals surface area contributed by atoms with E-state index in [1.54, 1.807) is 30.3 Å². The lowest BCUT2D eigenvalue weighted by Crippen LogP contribution is -2.05. The number of rotatable bonds is 4. The zero-order valence-electron chi connectivity index (χ0n) is 12.3. The lowest BCUT2D eigenvalue weighted by atomic mass is 10.1. The number of anilines is 2. The first-order valence-electron chi connectivity index (χ1n) is 6.77. The van der Waals surface area contributed by atoms with Crippen molar-refractivity contribution in [1.29, 1.82) is 0 Å². The molecule has 0 aliphatic carbocycles. The van der Waals surface area contributed by atoms with E-state index < -0.39 is 11.9 Å². The minimum absolute atomic E-state index is 0. The van der Waals surface area contributed by atoms with Crippen LogP contribution in [-0.4, -0.2) is 27.1 Å². The fourth-order valence-corrected chi connectivity index (χ4v) is 2.31. The van der Waals surface area contributed by atoms with E-state index in [4.69, 9.17) is 5.11 Å². The average molecular weight is 345 g/mol. The van der Waals surface area contributed by atoms with Crippen molar-refractivity contribution >= 4 is 46.6 Å². The molecule has 0 saturated heterocycles. The van der Waals surface area contributed by atoms with Crippen molar-refractivity contribution in [2.24, 2.45) is 0 Å². The van der Waals surface area contributed by atoms with Gasteiger partial charge in [0.2, 0.25) is 0 Å². The molecule has 3 N–H and O–H groups in total. The summed E-state index contributed by atoms with van der Waals surface area (Å²) in [7, 11) is 0. The second-order valence-electron chi connectivity index (χ2n) is 4.88. The van der Waals surface area contributed by atoms with Crippen LogP contribution in [0.1, 0.15) is 20.7 Å². The van der Waals surface area contributed by atoms with Gasteiger partial charge in [-0.1, -0.05) is 24.3 Å². The highest BCUT2D eigenvalue weighted by atomic mass is 35.5. The maximum absolute atomic E-state index is 11.5. The number of aromatic nitrogens is 1. The number of hydrogen-bond donors (Lipinski definition) is 3. The topological polar surface area (TPSA) is 99.5 Å². The molecule has 0 amide bonds. The van der Waals surface area contributed by atoms with E-state index in [-0.39, 0.29) is 23.5 Å². The molecule has 6 nitrogen and oxygen atoms in total. The van der Waals surface area contributed by atoms with Crippen LogP contribution in [0.2, 0.25) is 0 Å². The monoisotopic (exact) mass is 344 g/mol. The highest BCUT2D eigenvalue weighted by molar-refractivity contribution is 6.05. The molecular formula is C17H13ClN2O4. The van der Waals surface area contributed by atoms with E-state index in [0.29, 0.717) is 22.3 Å². The lowest BCUT2D eigenvalue weighted by Gasteiger charge is -2.13. The van der Waals surface area contributed by atoms with E-state index in [9.17, 15) is 14.7 Å². The quantitative estimate of drug-likeness (QED) is 0.665. The summed E-state index contributed by atoms with van der Waals surface area (Å²) >= 11 is 0. The van der Waals surface area contributed by atoms with Crippen molar-refractivity contribution in [1.82, 2.24) is 4.98 Å². The Morgan fingerprint density at radius 2 is 1.71 bits per heavy atom. The predicted molar refractivity (Wildman–Crippen MR) is 92.6 cm³/mol. The van der Waals surface area contributed by atoms with Gasteiger partial charge in [-0.15, -0.1) is 12.4 Å². The summed E-state index contributed by atoms with van der Waals surface area (Å²) in [4.78, 5) is 26.7. The van der Waals surface area contributed by atoms with Gasteiger partial charge in [0, 0.05) is 17.3 Å². The Hall–Kier alpha value is -3.12. The highest BCUT2D eigenvalue weighted by Gasteiger charge is 2.15. The van der Waals surface area contributed by atoms with Gasteiger partial charge >= 0.3 is 11.9 Å². The molecular weight excluding hydrogens is 332 g/mol. The molecule has 3 rings (SSSR count). The molecule has 1 heterocycles. The number of benzene rings is 2. The van der Waals surface area contributed by atoms with Crippen LogP contribution < -0.4 is 5.32 Å². The van der Waals surface area contributed by atoms with Crippen LogP contribution in [0.3, 0.4) is 0 Å². The van der Waals surface area contributed by atoms with Gasteiger partial charge in [-0.2, -0.15) is 0 Å². The van der Waals surface area contributed by atoms with E-state index >= 15 is 0 Å². The fourth-order valence-electron chi connectivity index (χ4n) is 2.31. The smallest absolute Gasteiger partial charge is 0.339 e. The van der Waals surface area contributed by atoms with E-state index in [2.05, 4.69) is 10.3 Å². The van der Waals surface area contributed by atoms with Crippen LogP contribution in [0.15, 0.2) is 54.7 Å². The molecule has 0 bridgehead atoms. The predicted octanol–water partition coefficient (Wildman–Crippen LogP) is 3.80. The third-order valence-electron chi connectivity index (χ3n) is 3.38. The Labute approximate surface area is 143 Å². The Balaban J connectivity index is 0.00000208. The van der Waals surface area contributed by atoms with Crippen LogP contribution in [-0.2, 0) is 0 Å². The Morgan fingerprint density at radius 3 is 2.42 bits per heavy atom. The summed E-state index contributed by atoms with van der Waals surface area (Å²) < 4.78 is 0. The third kappa shape index (κ3) is 3.28. The Bertz CT molecular complexity index is 927. The van der Waals surface area contributed by atoms with Gasteiger partial charge in [0.05, 0.1) is 16.8 Å². The maximum Gasteiger partial charge on any atom is 0.339 e. The molecule has 0 saturated carbocycles. The molecule has 0 aliphatic rings. The van der Waals surface area contributed by atoms with Gasteiger partial charge in [0.25, 0.3) is 0 Å². The van der Waals surface area contributed by atoms with Crippen molar-refractivity contribution in [2.75, 3.05) is 5.32 Å². The van der Waals surface area contributed by atoms with Crippen molar-refractivity contribution in [3.8, 4) is 0 Å². The zero-order valence-corrected chi connectivity index (χ0v) is 13.1. The number of carboxylic acids is 2. The first-order valence-corrected chi connectivity index (χ1v) is 6.77. The summed E-state index contributed by atoms with van der Waals surface area (Å²) in [6.07, 6.45) is 1.29. The minimum atomic E-state index is -1.11. The number of nitrogens with zero attached hydrogens (tertiary/aromatic N) is 1. The summed E-state index contributed by atoms with van der Waals surface area (Å²) in [5.41, 5.74) is 1.65. The van der Waals surface area contributed by atoms with Gasteiger partial charge in [0.1, 0.15) is 5.56 Å². The zero-order chi connectivity index (χ0) is 16.4. The Morgan fingerprint density at radius 1 is 0.958 bits per heavy atom. The molecule has 0 fully saturated rings. The fraction of sp³-hybridized carbons (Fsp3) is 0. The van der Waals surface area contributed by atoms with Gasteiger partial charge in [-0.25, -0.2) is 9.59 Å². The number of para-hydroxylation sites is 1. The summed E-state index contributed by atoms with van der Waals surface area (Å²) in [5, 5.41) is 22.1. The van der Waals surface area contributed by atoms with Gasteiger partial charge in [0.15, 0.2) is 0 Å². The number of nitrogens with one attached hydrogen (secondary N) is 1.